The van der Waals surface area contributed by atoms with Crippen LogP contribution in [0.1, 0.15) is 188 Å². The van der Waals surface area contributed by atoms with Gasteiger partial charge in [0.05, 0.1) is 19.8 Å². The number of rotatable bonds is 32. The normalized spacial score (nSPS) is 12.0. The highest BCUT2D eigenvalue weighted by Crippen LogP contribution is 2.40. The van der Waals surface area contributed by atoms with E-state index < -0.39 is 43.0 Å². The zero-order valence-corrected chi connectivity index (χ0v) is 28.5. The van der Waals surface area contributed by atoms with Crippen LogP contribution >= 0.6 is 0 Å². The van der Waals surface area contributed by atoms with Gasteiger partial charge in [0.25, 0.3) is 5.79 Å². The molecular formula is C36H70O7. The van der Waals surface area contributed by atoms with Crippen molar-refractivity contribution in [1.29, 1.82) is 0 Å². The standard InChI is InChI=1S/C36H70O7/c1-4-7-9-11-13-15-17-19-21-23-25-27-33(40)42-36(29-6-3,35(30-37,31-38)32-39)43-34(41)28-26-24-22-20-18-16-14-12-10-8-5-2/h37-39H,4-32H2,1-3H3. The van der Waals surface area contributed by atoms with Gasteiger partial charge in [-0.25, -0.2) is 0 Å². The Morgan fingerprint density at radius 2 is 0.721 bits per heavy atom. The SMILES string of the molecule is CCCCCCCCCCCCCC(=O)OC(CCC)(OC(=O)CCCCCCCCCCCCC)C(CO)(CO)CO. The summed E-state index contributed by atoms with van der Waals surface area (Å²) in [7, 11) is 0. The van der Waals surface area contributed by atoms with Crippen LogP contribution in [0.5, 0.6) is 0 Å². The molecule has 0 aromatic heterocycles. The molecule has 256 valence electrons. The Bertz CT molecular complexity index is 599. The summed E-state index contributed by atoms with van der Waals surface area (Å²) in [4.78, 5) is 25.9. The van der Waals surface area contributed by atoms with Crippen molar-refractivity contribution in [2.24, 2.45) is 5.41 Å². The molecule has 0 heterocycles. The van der Waals surface area contributed by atoms with E-state index in [9.17, 15) is 24.9 Å². The maximum Gasteiger partial charge on any atom is 0.309 e. The number of ether oxygens (including phenoxy) is 2. The first-order chi connectivity index (χ1) is 20.9. The number of hydrogen-bond donors (Lipinski definition) is 3. The van der Waals surface area contributed by atoms with Crippen molar-refractivity contribution >= 4 is 11.9 Å². The van der Waals surface area contributed by atoms with Gasteiger partial charge in [-0.05, 0) is 19.3 Å². The van der Waals surface area contributed by atoms with Crippen molar-refractivity contribution in [1.82, 2.24) is 0 Å². The lowest BCUT2D eigenvalue weighted by Crippen LogP contribution is -2.60. The first-order valence-electron chi connectivity index (χ1n) is 18.2. The Hall–Kier alpha value is -1.18. The summed E-state index contributed by atoms with van der Waals surface area (Å²) in [5.41, 5.74) is -1.69. The van der Waals surface area contributed by atoms with Crippen LogP contribution in [0.4, 0.5) is 0 Å². The second-order valence-electron chi connectivity index (χ2n) is 12.8. The lowest BCUT2D eigenvalue weighted by molar-refractivity contribution is -0.296. The summed E-state index contributed by atoms with van der Waals surface area (Å²) in [6, 6.07) is 0. The van der Waals surface area contributed by atoms with Crippen molar-refractivity contribution in [2.75, 3.05) is 19.8 Å². The molecule has 0 aliphatic carbocycles. The van der Waals surface area contributed by atoms with Crippen LogP contribution in [0, 0.1) is 5.41 Å². The second-order valence-corrected chi connectivity index (χ2v) is 12.8. The quantitative estimate of drug-likeness (QED) is 0.0394. The molecule has 7 heteroatoms. The lowest BCUT2D eigenvalue weighted by atomic mass is 9.78. The minimum absolute atomic E-state index is 0.0860. The van der Waals surface area contributed by atoms with Gasteiger partial charge in [0.1, 0.15) is 5.41 Å². The summed E-state index contributed by atoms with van der Waals surface area (Å²) >= 11 is 0. The van der Waals surface area contributed by atoms with E-state index in [-0.39, 0.29) is 19.3 Å². The molecule has 0 aliphatic rings. The van der Waals surface area contributed by atoms with E-state index in [1.54, 1.807) is 0 Å². The molecule has 0 rings (SSSR count). The first kappa shape index (κ1) is 41.8. The van der Waals surface area contributed by atoms with E-state index in [4.69, 9.17) is 9.47 Å². The van der Waals surface area contributed by atoms with Crippen LogP contribution in [0.3, 0.4) is 0 Å². The van der Waals surface area contributed by atoms with Gasteiger partial charge >= 0.3 is 11.9 Å². The number of aliphatic hydroxyl groups is 3. The highest BCUT2D eigenvalue weighted by Gasteiger charge is 2.57. The van der Waals surface area contributed by atoms with Crippen LogP contribution in [0.15, 0.2) is 0 Å². The molecule has 3 N–H and O–H groups in total. The van der Waals surface area contributed by atoms with Gasteiger partial charge in [-0.2, -0.15) is 0 Å². The molecular weight excluding hydrogens is 544 g/mol. The predicted molar refractivity (Wildman–Crippen MR) is 176 cm³/mol. The van der Waals surface area contributed by atoms with Gasteiger partial charge < -0.3 is 24.8 Å². The fourth-order valence-corrected chi connectivity index (χ4v) is 5.78. The van der Waals surface area contributed by atoms with Crippen molar-refractivity contribution < 1.29 is 34.4 Å². The summed E-state index contributed by atoms with van der Waals surface area (Å²) in [5.74, 6) is -2.98. The highest BCUT2D eigenvalue weighted by atomic mass is 16.7. The van der Waals surface area contributed by atoms with Crippen LogP contribution in [-0.2, 0) is 19.1 Å². The van der Waals surface area contributed by atoms with Crippen molar-refractivity contribution in [2.45, 2.75) is 193 Å². The third-order valence-corrected chi connectivity index (χ3v) is 8.82. The topological polar surface area (TPSA) is 113 Å². The molecule has 0 aromatic carbocycles. The van der Waals surface area contributed by atoms with E-state index in [0.717, 1.165) is 38.5 Å². The van der Waals surface area contributed by atoms with Gasteiger partial charge in [-0.1, -0.05) is 149 Å². The number of esters is 2. The summed E-state index contributed by atoms with van der Waals surface area (Å²) in [6.45, 7) is 4.26. The summed E-state index contributed by atoms with van der Waals surface area (Å²) in [6.07, 6.45) is 26.5. The van der Waals surface area contributed by atoms with Gasteiger partial charge in [0.2, 0.25) is 0 Å². The molecule has 0 unspecified atom stereocenters. The number of unbranched alkanes of at least 4 members (excludes halogenated alkanes) is 20. The molecule has 0 spiro atoms. The zero-order valence-electron chi connectivity index (χ0n) is 28.5. The number of hydrogen-bond acceptors (Lipinski definition) is 7. The molecule has 43 heavy (non-hydrogen) atoms. The molecule has 0 saturated heterocycles. The van der Waals surface area contributed by atoms with Crippen LogP contribution in [-0.4, -0.2) is 52.9 Å². The third-order valence-electron chi connectivity index (χ3n) is 8.82. The van der Waals surface area contributed by atoms with E-state index in [2.05, 4.69) is 13.8 Å². The minimum Gasteiger partial charge on any atom is -0.422 e. The number of carbonyl (C=O) groups excluding carboxylic acids is 2. The fourth-order valence-electron chi connectivity index (χ4n) is 5.78. The van der Waals surface area contributed by atoms with E-state index >= 15 is 0 Å². The molecule has 0 fully saturated rings. The van der Waals surface area contributed by atoms with Crippen LogP contribution < -0.4 is 0 Å². The van der Waals surface area contributed by atoms with Crippen LogP contribution in [0.25, 0.3) is 0 Å². The van der Waals surface area contributed by atoms with Gasteiger partial charge in [-0.15, -0.1) is 0 Å². The average Bonchev–Trinajstić information content (AvgIpc) is 3.00. The molecule has 0 saturated carbocycles. The molecule has 0 bridgehead atoms. The van der Waals surface area contributed by atoms with Gasteiger partial charge in [0.15, 0.2) is 0 Å². The van der Waals surface area contributed by atoms with E-state index in [1.807, 2.05) is 6.92 Å². The largest absolute Gasteiger partial charge is 0.422 e. The molecule has 0 radical (unpaired) electrons. The molecule has 0 amide bonds. The average molecular weight is 615 g/mol. The van der Waals surface area contributed by atoms with Gasteiger partial charge in [-0.3, -0.25) is 9.59 Å². The summed E-state index contributed by atoms with van der Waals surface area (Å²) < 4.78 is 11.6. The maximum atomic E-state index is 13.0. The number of aliphatic hydroxyl groups excluding tert-OH is 3. The third kappa shape index (κ3) is 19.1. The van der Waals surface area contributed by atoms with E-state index in [0.29, 0.717) is 19.3 Å². The fraction of sp³-hybridized carbons (Fsp3) is 0.944. The monoisotopic (exact) mass is 615 g/mol. The Morgan fingerprint density at radius 3 is 0.977 bits per heavy atom. The smallest absolute Gasteiger partial charge is 0.309 e. The maximum absolute atomic E-state index is 13.0. The van der Waals surface area contributed by atoms with Crippen molar-refractivity contribution in [3.63, 3.8) is 0 Å². The Balaban J connectivity index is 4.75. The lowest BCUT2D eigenvalue weighted by Gasteiger charge is -2.45. The number of carbonyl (C=O) groups is 2. The highest BCUT2D eigenvalue weighted by molar-refractivity contribution is 5.72. The first-order valence-corrected chi connectivity index (χ1v) is 18.2. The second kappa shape index (κ2) is 28.3. The Kier molecular flexibility index (Phi) is 27.5. The molecule has 0 atom stereocenters. The predicted octanol–water partition coefficient (Wildman–Crippen LogP) is 8.93. The van der Waals surface area contributed by atoms with Crippen molar-refractivity contribution in [3.05, 3.63) is 0 Å². The summed E-state index contributed by atoms with van der Waals surface area (Å²) in [5, 5.41) is 30.6. The molecule has 7 nitrogen and oxygen atoms in total. The van der Waals surface area contributed by atoms with Gasteiger partial charge in [0, 0.05) is 19.3 Å². The van der Waals surface area contributed by atoms with Crippen molar-refractivity contribution in [3.8, 4) is 0 Å². The van der Waals surface area contributed by atoms with Crippen LogP contribution in [0.2, 0.25) is 0 Å². The molecule has 0 aromatic rings. The molecule has 0 aliphatic heterocycles. The zero-order chi connectivity index (χ0) is 32.1. The van der Waals surface area contributed by atoms with E-state index in [1.165, 1.54) is 89.9 Å². The minimum atomic E-state index is -1.91. The Labute approximate surface area is 264 Å². The Morgan fingerprint density at radius 1 is 0.442 bits per heavy atom.